The van der Waals surface area contributed by atoms with Gasteiger partial charge in [0, 0.05) is 18.7 Å². The molecule has 124 valence electrons. The summed E-state index contributed by atoms with van der Waals surface area (Å²) in [6, 6.07) is 7.57. The van der Waals surface area contributed by atoms with Gasteiger partial charge < -0.3 is 10.0 Å². The third kappa shape index (κ3) is 2.74. The summed E-state index contributed by atoms with van der Waals surface area (Å²) in [7, 11) is 0. The molecule has 24 heavy (non-hydrogen) atoms. The molecule has 1 saturated heterocycles. The Bertz CT molecular complexity index is 875. The number of halogens is 1. The van der Waals surface area contributed by atoms with Crippen molar-refractivity contribution in [3.8, 4) is 11.3 Å². The molecular weight excluding hydrogens is 348 g/mol. The standard InChI is InChI=1S/C16H15ClN4O2S/c17-12-6-2-1-5-11(12)13-9-21-15(18-13)24-16(19-21)20-7-3-4-10(8-20)14(22)23/h1-2,5-6,9-10H,3-4,7-8H2,(H,22,23). The molecule has 0 amide bonds. The molecule has 1 aromatic carbocycles. The van der Waals surface area contributed by atoms with E-state index in [0.717, 1.165) is 40.7 Å². The fraction of sp³-hybridized carbons (Fsp3) is 0.312. The number of carboxylic acid groups (broad SMARTS) is 1. The number of benzene rings is 1. The Morgan fingerprint density at radius 2 is 2.21 bits per heavy atom. The van der Waals surface area contributed by atoms with Crippen molar-refractivity contribution in [2.75, 3.05) is 18.0 Å². The molecule has 2 aromatic heterocycles. The lowest BCUT2D eigenvalue weighted by Crippen LogP contribution is -2.38. The minimum Gasteiger partial charge on any atom is -0.481 e. The summed E-state index contributed by atoms with van der Waals surface area (Å²) >= 11 is 7.69. The zero-order valence-electron chi connectivity index (χ0n) is 12.7. The van der Waals surface area contributed by atoms with Crippen molar-refractivity contribution in [3.63, 3.8) is 0 Å². The van der Waals surface area contributed by atoms with Crippen molar-refractivity contribution in [2.45, 2.75) is 12.8 Å². The molecule has 3 aromatic rings. The number of carbonyl (C=O) groups is 1. The van der Waals surface area contributed by atoms with Crippen LogP contribution >= 0.6 is 22.9 Å². The topological polar surface area (TPSA) is 70.7 Å². The van der Waals surface area contributed by atoms with Crippen LogP contribution in [0.4, 0.5) is 5.13 Å². The second kappa shape index (κ2) is 6.07. The minimum atomic E-state index is -0.734. The molecule has 1 unspecified atom stereocenters. The Hall–Kier alpha value is -2.12. The molecule has 0 spiro atoms. The molecule has 0 bridgehead atoms. The van der Waals surface area contributed by atoms with E-state index in [1.54, 1.807) is 4.52 Å². The van der Waals surface area contributed by atoms with E-state index in [1.807, 2.05) is 35.4 Å². The average molecular weight is 363 g/mol. The Balaban J connectivity index is 1.62. The van der Waals surface area contributed by atoms with E-state index in [-0.39, 0.29) is 5.92 Å². The number of hydrogen-bond donors (Lipinski definition) is 1. The van der Waals surface area contributed by atoms with Crippen LogP contribution in [0.2, 0.25) is 5.02 Å². The molecule has 1 N–H and O–H groups in total. The zero-order chi connectivity index (χ0) is 16.7. The fourth-order valence-corrected chi connectivity index (χ4v) is 4.12. The zero-order valence-corrected chi connectivity index (χ0v) is 14.3. The summed E-state index contributed by atoms with van der Waals surface area (Å²) in [4.78, 5) is 18.6. The van der Waals surface area contributed by atoms with E-state index in [9.17, 15) is 9.90 Å². The van der Waals surface area contributed by atoms with Gasteiger partial charge in [-0.05, 0) is 18.9 Å². The van der Waals surface area contributed by atoms with E-state index in [1.165, 1.54) is 11.3 Å². The molecule has 1 atom stereocenters. The number of fused-ring (bicyclic) bond motifs is 1. The van der Waals surface area contributed by atoms with Crippen LogP contribution in [0.5, 0.6) is 0 Å². The number of carboxylic acids is 1. The van der Waals surface area contributed by atoms with Gasteiger partial charge in [0.25, 0.3) is 0 Å². The van der Waals surface area contributed by atoms with E-state index in [2.05, 4.69) is 10.1 Å². The first-order valence-corrected chi connectivity index (χ1v) is 8.90. The SMILES string of the molecule is O=C(O)C1CCCN(c2nn3cc(-c4ccccc4Cl)nc3s2)C1. The smallest absolute Gasteiger partial charge is 0.308 e. The van der Waals surface area contributed by atoms with Gasteiger partial charge >= 0.3 is 5.97 Å². The summed E-state index contributed by atoms with van der Waals surface area (Å²) in [5.41, 5.74) is 1.66. The number of aliphatic carboxylic acids is 1. The third-order valence-corrected chi connectivity index (χ3v) is 5.54. The number of nitrogens with zero attached hydrogens (tertiary/aromatic N) is 4. The molecule has 1 aliphatic rings. The second-order valence-corrected chi connectivity index (χ2v) is 7.18. The summed E-state index contributed by atoms with van der Waals surface area (Å²) in [6.07, 6.45) is 3.45. The number of piperidine rings is 1. The van der Waals surface area contributed by atoms with Crippen molar-refractivity contribution >= 4 is 39.0 Å². The maximum atomic E-state index is 11.2. The van der Waals surface area contributed by atoms with Gasteiger partial charge in [0.2, 0.25) is 10.1 Å². The second-order valence-electron chi connectivity index (χ2n) is 5.84. The van der Waals surface area contributed by atoms with Crippen molar-refractivity contribution in [2.24, 2.45) is 5.92 Å². The largest absolute Gasteiger partial charge is 0.481 e. The van der Waals surface area contributed by atoms with Gasteiger partial charge in [0.1, 0.15) is 0 Å². The van der Waals surface area contributed by atoms with Crippen molar-refractivity contribution < 1.29 is 9.90 Å². The number of aromatic nitrogens is 3. The summed E-state index contributed by atoms with van der Waals surface area (Å²) in [6.45, 7) is 1.33. The molecule has 6 nitrogen and oxygen atoms in total. The number of anilines is 1. The molecular formula is C16H15ClN4O2S. The first kappa shape index (κ1) is 15.4. The lowest BCUT2D eigenvalue weighted by molar-refractivity contribution is -0.141. The highest BCUT2D eigenvalue weighted by Gasteiger charge is 2.27. The fourth-order valence-electron chi connectivity index (χ4n) is 2.97. The molecule has 1 aliphatic heterocycles. The monoisotopic (exact) mass is 362 g/mol. The van der Waals surface area contributed by atoms with Crippen LogP contribution in [-0.2, 0) is 4.79 Å². The Labute approximate surface area is 147 Å². The van der Waals surface area contributed by atoms with Crippen molar-refractivity contribution in [1.29, 1.82) is 0 Å². The first-order valence-electron chi connectivity index (χ1n) is 7.70. The van der Waals surface area contributed by atoms with E-state index < -0.39 is 5.97 Å². The van der Waals surface area contributed by atoms with E-state index in [4.69, 9.17) is 11.6 Å². The van der Waals surface area contributed by atoms with Crippen LogP contribution < -0.4 is 4.90 Å². The van der Waals surface area contributed by atoms with Crippen LogP contribution in [0.1, 0.15) is 12.8 Å². The van der Waals surface area contributed by atoms with Gasteiger partial charge in [-0.15, -0.1) is 5.10 Å². The Morgan fingerprint density at radius 1 is 1.38 bits per heavy atom. The van der Waals surface area contributed by atoms with Crippen LogP contribution in [0, 0.1) is 5.92 Å². The molecule has 8 heteroatoms. The summed E-state index contributed by atoms with van der Waals surface area (Å²) in [5.74, 6) is -1.06. The minimum absolute atomic E-state index is 0.325. The lowest BCUT2D eigenvalue weighted by atomic mass is 9.99. The van der Waals surface area contributed by atoms with Gasteiger partial charge in [-0.3, -0.25) is 4.79 Å². The van der Waals surface area contributed by atoms with E-state index in [0.29, 0.717) is 11.6 Å². The van der Waals surface area contributed by atoms with Gasteiger partial charge in [0.15, 0.2) is 0 Å². The molecule has 0 saturated carbocycles. The highest BCUT2D eigenvalue weighted by molar-refractivity contribution is 7.20. The van der Waals surface area contributed by atoms with Crippen LogP contribution in [-0.4, -0.2) is 38.8 Å². The molecule has 3 heterocycles. The molecule has 0 radical (unpaired) electrons. The predicted molar refractivity (Wildman–Crippen MR) is 93.9 cm³/mol. The van der Waals surface area contributed by atoms with Crippen LogP contribution in [0.25, 0.3) is 16.2 Å². The highest BCUT2D eigenvalue weighted by atomic mass is 35.5. The molecule has 4 rings (SSSR count). The average Bonchev–Trinajstić information content (AvgIpc) is 3.14. The van der Waals surface area contributed by atoms with Gasteiger partial charge in [-0.25, -0.2) is 9.50 Å². The van der Waals surface area contributed by atoms with Gasteiger partial charge in [0.05, 0.1) is 22.8 Å². The maximum absolute atomic E-state index is 11.2. The van der Waals surface area contributed by atoms with Crippen molar-refractivity contribution in [1.82, 2.24) is 14.6 Å². The van der Waals surface area contributed by atoms with Crippen LogP contribution in [0.15, 0.2) is 30.5 Å². The third-order valence-electron chi connectivity index (χ3n) is 4.22. The quantitative estimate of drug-likeness (QED) is 0.773. The number of imidazole rings is 1. The van der Waals surface area contributed by atoms with Gasteiger partial charge in [-0.2, -0.15) is 0 Å². The van der Waals surface area contributed by atoms with Crippen molar-refractivity contribution in [3.05, 3.63) is 35.5 Å². The molecule has 1 fully saturated rings. The summed E-state index contributed by atoms with van der Waals surface area (Å²) < 4.78 is 1.74. The number of hydrogen-bond acceptors (Lipinski definition) is 5. The Morgan fingerprint density at radius 3 is 2.96 bits per heavy atom. The van der Waals surface area contributed by atoms with E-state index >= 15 is 0 Å². The molecule has 0 aliphatic carbocycles. The first-order chi connectivity index (χ1) is 11.6. The summed E-state index contributed by atoms with van der Waals surface area (Å²) in [5, 5.41) is 15.3. The lowest BCUT2D eigenvalue weighted by Gasteiger charge is -2.29. The van der Waals surface area contributed by atoms with Crippen LogP contribution in [0.3, 0.4) is 0 Å². The van der Waals surface area contributed by atoms with Gasteiger partial charge in [-0.1, -0.05) is 41.1 Å². The predicted octanol–water partition coefficient (Wildman–Crippen LogP) is 3.41. The Kier molecular flexibility index (Phi) is 3.90. The number of rotatable bonds is 3. The normalized spacial score (nSPS) is 18.2. The maximum Gasteiger partial charge on any atom is 0.308 e. The highest BCUT2D eigenvalue weighted by Crippen LogP contribution is 2.31.